The molecule has 0 N–H and O–H groups in total. The molecule has 0 amide bonds. The van der Waals surface area contributed by atoms with Crippen molar-refractivity contribution in [2.45, 2.75) is 0 Å². The average molecular weight is 392 g/mol. The van der Waals surface area contributed by atoms with Crippen molar-refractivity contribution in [2.24, 2.45) is 0 Å². The maximum Gasteiger partial charge on any atom is 0.206 e. The molecule has 0 saturated heterocycles. The molecule has 0 aliphatic carbocycles. The lowest BCUT2D eigenvalue weighted by atomic mass is 10.1. The molecular weight excluding hydrogens is 375 g/mol. The molecule has 0 unspecified atom stereocenters. The van der Waals surface area contributed by atoms with E-state index in [0.29, 0.717) is 21.9 Å². The van der Waals surface area contributed by atoms with Crippen LogP contribution in [-0.4, -0.2) is 19.0 Å². The first-order valence-electron chi connectivity index (χ1n) is 8.85. The molecule has 140 valence electrons. The van der Waals surface area contributed by atoms with E-state index in [9.17, 15) is 9.18 Å². The summed E-state index contributed by atoms with van der Waals surface area (Å²) in [6.07, 6.45) is 0. The molecule has 0 aliphatic rings. The third kappa shape index (κ3) is 3.89. The van der Waals surface area contributed by atoms with Crippen molar-refractivity contribution in [3.8, 4) is 11.5 Å². The van der Waals surface area contributed by atoms with E-state index < -0.39 is 0 Å². The molecule has 0 bridgehead atoms. The number of ketones is 1. The van der Waals surface area contributed by atoms with Gasteiger partial charge in [-0.05, 0) is 36.4 Å². The van der Waals surface area contributed by atoms with E-state index >= 15 is 0 Å². The van der Waals surface area contributed by atoms with Gasteiger partial charge in [0.2, 0.25) is 5.78 Å². The molecule has 3 aromatic carbocycles. The van der Waals surface area contributed by atoms with Crippen LogP contribution in [0.25, 0.3) is 10.1 Å². The van der Waals surface area contributed by atoms with E-state index in [4.69, 9.17) is 9.47 Å². The molecule has 3 nitrogen and oxygen atoms in total. The Bertz CT molecular complexity index is 1090. The minimum Gasteiger partial charge on any atom is -0.490 e. The second kappa shape index (κ2) is 8.23. The Morgan fingerprint density at radius 2 is 1.50 bits per heavy atom. The Hall–Kier alpha value is -3.18. The molecule has 1 aromatic heterocycles. The second-order valence-electron chi connectivity index (χ2n) is 6.10. The fourth-order valence-electron chi connectivity index (χ4n) is 2.87. The fraction of sp³-hybridized carbons (Fsp3) is 0.0870. The molecule has 0 saturated carbocycles. The van der Waals surface area contributed by atoms with E-state index in [1.54, 1.807) is 24.3 Å². The van der Waals surface area contributed by atoms with E-state index in [2.05, 4.69) is 0 Å². The topological polar surface area (TPSA) is 35.5 Å². The summed E-state index contributed by atoms with van der Waals surface area (Å²) in [4.78, 5) is 13.6. The summed E-state index contributed by atoms with van der Waals surface area (Å²) in [5.74, 6) is 0.784. The predicted molar refractivity (Wildman–Crippen MR) is 109 cm³/mol. The van der Waals surface area contributed by atoms with Gasteiger partial charge in [-0.2, -0.15) is 0 Å². The number of hydrogen-bond acceptors (Lipinski definition) is 4. The molecule has 0 radical (unpaired) electrons. The van der Waals surface area contributed by atoms with Crippen LogP contribution >= 0.6 is 11.3 Å². The van der Waals surface area contributed by atoms with Crippen LogP contribution in [0.5, 0.6) is 11.5 Å². The Morgan fingerprint density at radius 3 is 2.29 bits per heavy atom. The first-order valence-corrected chi connectivity index (χ1v) is 9.66. The van der Waals surface area contributed by atoms with Crippen LogP contribution in [0.15, 0.2) is 78.9 Å². The van der Waals surface area contributed by atoms with Crippen molar-refractivity contribution in [2.75, 3.05) is 13.2 Å². The summed E-state index contributed by atoms with van der Waals surface area (Å²) in [5.41, 5.74) is 0.626. The Labute approximate surface area is 166 Å². The van der Waals surface area contributed by atoms with Crippen LogP contribution in [0.4, 0.5) is 4.39 Å². The van der Waals surface area contributed by atoms with Crippen molar-refractivity contribution in [1.29, 1.82) is 0 Å². The number of rotatable bonds is 7. The summed E-state index contributed by atoms with van der Waals surface area (Å²) >= 11 is 1.43. The van der Waals surface area contributed by atoms with Crippen LogP contribution in [0.1, 0.15) is 15.2 Å². The highest BCUT2D eigenvalue weighted by atomic mass is 32.1. The van der Waals surface area contributed by atoms with Crippen molar-refractivity contribution in [3.63, 3.8) is 0 Å². The van der Waals surface area contributed by atoms with Gasteiger partial charge in [0, 0.05) is 15.6 Å². The minimum atomic E-state index is -0.308. The van der Waals surface area contributed by atoms with Crippen LogP contribution in [0, 0.1) is 5.82 Å². The lowest BCUT2D eigenvalue weighted by Crippen LogP contribution is -2.10. The smallest absolute Gasteiger partial charge is 0.206 e. The first kappa shape index (κ1) is 18.2. The van der Waals surface area contributed by atoms with E-state index in [1.807, 2.05) is 42.5 Å². The van der Waals surface area contributed by atoms with Crippen molar-refractivity contribution >= 4 is 27.2 Å². The van der Waals surface area contributed by atoms with Gasteiger partial charge in [-0.1, -0.05) is 42.5 Å². The van der Waals surface area contributed by atoms with Crippen molar-refractivity contribution in [3.05, 3.63) is 95.1 Å². The summed E-state index contributed by atoms with van der Waals surface area (Å²) in [6, 6.07) is 22.8. The molecule has 4 rings (SSSR count). The van der Waals surface area contributed by atoms with Crippen LogP contribution in [-0.2, 0) is 0 Å². The second-order valence-corrected chi connectivity index (χ2v) is 7.15. The summed E-state index contributed by atoms with van der Waals surface area (Å²) in [6.45, 7) is 0.557. The highest BCUT2D eigenvalue weighted by Gasteiger charge is 2.21. The Balaban J connectivity index is 1.53. The van der Waals surface area contributed by atoms with Crippen molar-refractivity contribution < 1.29 is 18.7 Å². The van der Waals surface area contributed by atoms with Crippen LogP contribution < -0.4 is 9.47 Å². The zero-order valence-electron chi connectivity index (χ0n) is 14.9. The predicted octanol–water partition coefficient (Wildman–Crippen LogP) is 5.73. The number of thiophene rings is 1. The monoisotopic (exact) mass is 392 g/mol. The van der Waals surface area contributed by atoms with Gasteiger partial charge >= 0.3 is 0 Å². The van der Waals surface area contributed by atoms with Crippen LogP contribution in [0.2, 0.25) is 0 Å². The van der Waals surface area contributed by atoms with Gasteiger partial charge in [-0.3, -0.25) is 4.79 Å². The fourth-order valence-corrected chi connectivity index (χ4v) is 3.98. The minimum absolute atomic E-state index is 0.0590. The number of benzene rings is 3. The van der Waals surface area contributed by atoms with Gasteiger partial charge in [-0.25, -0.2) is 4.39 Å². The summed E-state index contributed by atoms with van der Waals surface area (Å²) < 4.78 is 25.5. The lowest BCUT2D eigenvalue weighted by Gasteiger charge is -2.09. The number of carbonyl (C=O) groups excluding carboxylic acids is 1. The normalized spacial score (nSPS) is 10.8. The molecule has 0 spiro atoms. The molecule has 0 fully saturated rings. The summed E-state index contributed by atoms with van der Waals surface area (Å²) in [5, 5.41) is 0.911. The number of fused-ring (bicyclic) bond motifs is 1. The Morgan fingerprint density at radius 1 is 0.821 bits per heavy atom. The molecule has 1 heterocycles. The lowest BCUT2D eigenvalue weighted by molar-refractivity contribution is 0.103. The van der Waals surface area contributed by atoms with Gasteiger partial charge in [0.05, 0.1) is 0 Å². The van der Waals surface area contributed by atoms with Crippen LogP contribution in [0.3, 0.4) is 0 Å². The van der Waals surface area contributed by atoms with E-state index in [0.717, 1.165) is 10.1 Å². The molecular formula is C23H17FO3S. The molecule has 5 heteroatoms. The van der Waals surface area contributed by atoms with Gasteiger partial charge in [-0.15, -0.1) is 11.3 Å². The van der Waals surface area contributed by atoms with Crippen molar-refractivity contribution in [1.82, 2.24) is 0 Å². The number of carbonyl (C=O) groups is 1. The number of hydrogen-bond donors (Lipinski definition) is 0. The van der Waals surface area contributed by atoms with E-state index in [-0.39, 0.29) is 24.8 Å². The molecule has 4 aromatic rings. The first-order chi connectivity index (χ1) is 13.7. The van der Waals surface area contributed by atoms with Gasteiger partial charge in [0.25, 0.3) is 0 Å². The zero-order chi connectivity index (χ0) is 19.3. The van der Waals surface area contributed by atoms with E-state index in [1.165, 1.54) is 23.5 Å². The molecule has 0 atom stereocenters. The van der Waals surface area contributed by atoms with Gasteiger partial charge < -0.3 is 9.47 Å². The molecule has 0 aliphatic heterocycles. The number of halogens is 1. The SMILES string of the molecule is O=C(c1ccccc1)c1sc2ccccc2c1OCCOc1ccc(F)cc1. The molecule has 28 heavy (non-hydrogen) atoms. The Kier molecular flexibility index (Phi) is 5.35. The van der Waals surface area contributed by atoms with Gasteiger partial charge in [0.15, 0.2) is 0 Å². The summed E-state index contributed by atoms with van der Waals surface area (Å²) in [7, 11) is 0. The highest BCUT2D eigenvalue weighted by molar-refractivity contribution is 7.21. The highest BCUT2D eigenvalue weighted by Crippen LogP contribution is 2.39. The maximum atomic E-state index is 13.0. The average Bonchev–Trinajstić information content (AvgIpc) is 3.11. The zero-order valence-corrected chi connectivity index (χ0v) is 15.7. The maximum absolute atomic E-state index is 13.0. The third-order valence-corrected chi connectivity index (χ3v) is 5.36. The quantitative estimate of drug-likeness (QED) is 0.298. The standard InChI is InChI=1S/C23H17FO3S/c24-17-10-12-18(13-11-17)26-14-15-27-22-19-8-4-5-9-20(19)28-23(22)21(25)16-6-2-1-3-7-16/h1-13H,14-15H2. The third-order valence-electron chi connectivity index (χ3n) is 4.20. The number of ether oxygens (including phenoxy) is 2. The van der Waals surface area contributed by atoms with Gasteiger partial charge in [0.1, 0.15) is 35.4 Å². The largest absolute Gasteiger partial charge is 0.490 e.